The van der Waals surface area contributed by atoms with Crippen molar-refractivity contribution in [1.82, 2.24) is 0 Å². The maximum Gasteiger partial charge on any atom is 0.164 e. The molecule has 1 aliphatic carbocycles. The molecule has 0 fully saturated rings. The molecule has 0 aliphatic heterocycles. The third-order valence-electron chi connectivity index (χ3n) is 3.79. The van der Waals surface area contributed by atoms with Gasteiger partial charge in [0.25, 0.3) is 0 Å². The van der Waals surface area contributed by atoms with Crippen LogP contribution in [0.25, 0.3) is 0 Å². The van der Waals surface area contributed by atoms with Crippen LogP contribution in [0.3, 0.4) is 0 Å². The first kappa shape index (κ1) is 18.9. The van der Waals surface area contributed by atoms with E-state index in [4.69, 9.17) is 0 Å². The van der Waals surface area contributed by atoms with Crippen LogP contribution in [-0.4, -0.2) is 21.4 Å². The molecule has 0 heterocycles. The average Bonchev–Trinajstić information content (AvgIpc) is 2.73. The van der Waals surface area contributed by atoms with Gasteiger partial charge < -0.3 is 10.2 Å². The summed E-state index contributed by atoms with van der Waals surface area (Å²) in [5, 5.41) is 20.8. The van der Waals surface area contributed by atoms with Crippen LogP contribution in [-0.2, 0) is 0 Å². The maximum absolute atomic E-state index is 10.4. The highest BCUT2D eigenvalue weighted by Gasteiger charge is 2.27. The van der Waals surface area contributed by atoms with Gasteiger partial charge in [-0.1, -0.05) is 48.2 Å². The zero-order chi connectivity index (χ0) is 19.7. The van der Waals surface area contributed by atoms with Crippen molar-refractivity contribution in [1.29, 1.82) is 0 Å². The van der Waals surface area contributed by atoms with Crippen molar-refractivity contribution in [2.75, 3.05) is 0 Å². The van der Waals surface area contributed by atoms with E-state index >= 15 is 0 Å². The van der Waals surface area contributed by atoms with E-state index in [1.54, 1.807) is 0 Å². The Labute approximate surface area is 165 Å². The zero-order valence-electron chi connectivity index (χ0n) is 15.0. The molecule has 28 heavy (non-hydrogen) atoms. The predicted molar refractivity (Wildman–Crippen MR) is 110 cm³/mol. The highest BCUT2D eigenvalue weighted by atomic mass is 16.3. The average molecular weight is 360 g/mol. The summed E-state index contributed by atoms with van der Waals surface area (Å²) >= 11 is 0. The van der Waals surface area contributed by atoms with Gasteiger partial charge in [-0.15, -0.1) is 0 Å². The summed E-state index contributed by atoms with van der Waals surface area (Å²) in [6.07, 6.45) is 5.57. The van der Waals surface area contributed by atoms with Crippen LogP contribution in [0.2, 0.25) is 0 Å². The van der Waals surface area contributed by atoms with Crippen LogP contribution >= 0.6 is 0 Å². The van der Waals surface area contributed by atoms with E-state index in [0.29, 0.717) is 0 Å². The first-order chi connectivity index (χ1) is 13.6. The molecule has 3 rings (SSSR count). The third-order valence-corrected chi connectivity index (χ3v) is 3.79. The summed E-state index contributed by atoms with van der Waals surface area (Å²) in [5.74, 6) is 21.8. The molecule has 2 nitrogen and oxygen atoms in total. The van der Waals surface area contributed by atoms with Gasteiger partial charge in [-0.05, 0) is 84.1 Å². The molecule has 2 aromatic carbocycles. The molecule has 2 N–H and O–H groups in total. The Kier molecular flexibility index (Phi) is 5.82. The highest BCUT2D eigenvalue weighted by molar-refractivity contribution is 5.48. The Morgan fingerprint density at radius 2 is 0.857 bits per heavy atom. The first-order valence-corrected chi connectivity index (χ1v) is 8.59. The van der Waals surface area contributed by atoms with E-state index in [1.165, 1.54) is 24.3 Å². The highest BCUT2D eigenvalue weighted by Crippen LogP contribution is 2.21. The predicted octanol–water partition coefficient (Wildman–Crippen LogP) is 2.68. The summed E-state index contributed by atoms with van der Waals surface area (Å²) in [6.45, 7) is 0. The number of aliphatic hydroxyl groups is 2. The molecule has 0 aromatic heterocycles. The largest absolute Gasteiger partial charge is 0.370 e. The minimum Gasteiger partial charge on any atom is -0.370 e. The molecule has 132 valence electrons. The van der Waals surface area contributed by atoms with Crippen molar-refractivity contribution in [3.8, 4) is 47.4 Å². The SMILES string of the molecule is OC1(C#CC#Cc2ccccc2)C=CC(O)(C#CC#Cc2ccccc2)C=C1. The van der Waals surface area contributed by atoms with E-state index in [1.807, 2.05) is 60.7 Å². The fourth-order valence-corrected chi connectivity index (χ4v) is 2.30. The van der Waals surface area contributed by atoms with Crippen LogP contribution in [0, 0.1) is 47.4 Å². The maximum atomic E-state index is 10.4. The molecule has 2 aromatic rings. The molecule has 0 bridgehead atoms. The van der Waals surface area contributed by atoms with Crippen molar-refractivity contribution in [3.63, 3.8) is 0 Å². The third kappa shape index (κ3) is 5.54. The van der Waals surface area contributed by atoms with Crippen molar-refractivity contribution < 1.29 is 10.2 Å². The van der Waals surface area contributed by atoms with Crippen LogP contribution < -0.4 is 0 Å². The molecule has 0 amide bonds. The van der Waals surface area contributed by atoms with E-state index in [9.17, 15) is 10.2 Å². The fourth-order valence-electron chi connectivity index (χ4n) is 2.30. The molecule has 0 unspecified atom stereocenters. The summed E-state index contributed by atoms with van der Waals surface area (Å²) in [5.41, 5.74) is -1.29. The molecule has 2 heteroatoms. The van der Waals surface area contributed by atoms with E-state index < -0.39 is 11.2 Å². The molecule has 1 aliphatic rings. The smallest absolute Gasteiger partial charge is 0.164 e. The summed E-state index contributed by atoms with van der Waals surface area (Å²) in [4.78, 5) is 0. The molecule has 0 atom stereocenters. The van der Waals surface area contributed by atoms with Gasteiger partial charge in [0.15, 0.2) is 11.2 Å². The lowest BCUT2D eigenvalue weighted by atomic mass is 9.90. The van der Waals surface area contributed by atoms with Crippen LogP contribution in [0.15, 0.2) is 85.0 Å². The second kappa shape index (κ2) is 8.64. The van der Waals surface area contributed by atoms with Crippen molar-refractivity contribution in [3.05, 3.63) is 96.1 Å². The topological polar surface area (TPSA) is 40.5 Å². The fraction of sp³-hybridized carbons (Fsp3) is 0.0769. The number of hydrogen-bond donors (Lipinski definition) is 2. The lowest BCUT2D eigenvalue weighted by molar-refractivity contribution is 0.170. The lowest BCUT2D eigenvalue weighted by Gasteiger charge is -2.23. The van der Waals surface area contributed by atoms with E-state index in [-0.39, 0.29) is 0 Å². The quantitative estimate of drug-likeness (QED) is 0.560. The van der Waals surface area contributed by atoms with E-state index in [2.05, 4.69) is 47.4 Å². The monoisotopic (exact) mass is 360 g/mol. The summed E-state index contributed by atoms with van der Waals surface area (Å²) < 4.78 is 0. The summed E-state index contributed by atoms with van der Waals surface area (Å²) in [6, 6.07) is 18.9. The zero-order valence-corrected chi connectivity index (χ0v) is 15.0. The minimum atomic E-state index is -1.49. The molecular formula is C26H16O2. The van der Waals surface area contributed by atoms with Gasteiger partial charge in [-0.25, -0.2) is 0 Å². The molecule has 0 spiro atoms. The van der Waals surface area contributed by atoms with E-state index in [0.717, 1.165) is 11.1 Å². The van der Waals surface area contributed by atoms with Gasteiger partial charge in [0.2, 0.25) is 0 Å². The van der Waals surface area contributed by atoms with Crippen molar-refractivity contribution >= 4 is 0 Å². The minimum absolute atomic E-state index is 0.847. The standard InChI is InChI=1S/C26H16O2/c27-25(17-9-7-15-23-11-3-1-4-12-23)19-21-26(28,22-20-25)18-10-8-16-24-13-5-2-6-14-24/h1-6,11-14,19-22,27-28H. The van der Waals surface area contributed by atoms with Crippen LogP contribution in [0.4, 0.5) is 0 Å². The van der Waals surface area contributed by atoms with Crippen LogP contribution in [0.5, 0.6) is 0 Å². The van der Waals surface area contributed by atoms with Gasteiger partial charge in [0.05, 0.1) is 0 Å². The van der Waals surface area contributed by atoms with Gasteiger partial charge >= 0.3 is 0 Å². The number of hydrogen-bond acceptors (Lipinski definition) is 2. The first-order valence-electron chi connectivity index (χ1n) is 8.59. The molecule has 0 saturated heterocycles. The Morgan fingerprint density at radius 3 is 1.21 bits per heavy atom. The second-order valence-electron chi connectivity index (χ2n) is 6.05. The Bertz CT molecular complexity index is 1030. The number of rotatable bonds is 0. The van der Waals surface area contributed by atoms with Gasteiger partial charge in [-0.2, -0.15) is 0 Å². The van der Waals surface area contributed by atoms with Gasteiger partial charge in [-0.3, -0.25) is 0 Å². The van der Waals surface area contributed by atoms with Gasteiger partial charge in [0.1, 0.15) is 0 Å². The summed E-state index contributed by atoms with van der Waals surface area (Å²) in [7, 11) is 0. The molecule has 0 saturated carbocycles. The van der Waals surface area contributed by atoms with Crippen molar-refractivity contribution in [2.45, 2.75) is 11.2 Å². The second-order valence-corrected chi connectivity index (χ2v) is 6.05. The lowest BCUT2D eigenvalue weighted by Crippen LogP contribution is -2.31. The Morgan fingerprint density at radius 1 is 0.500 bits per heavy atom. The number of benzene rings is 2. The Balaban J connectivity index is 1.66. The molecule has 0 radical (unpaired) electrons. The molecular weight excluding hydrogens is 344 g/mol. The van der Waals surface area contributed by atoms with Crippen molar-refractivity contribution in [2.24, 2.45) is 0 Å². The normalized spacial score (nSPS) is 21.5. The Hall–Kier alpha value is -3.92. The van der Waals surface area contributed by atoms with Gasteiger partial charge in [0, 0.05) is 11.1 Å². The van der Waals surface area contributed by atoms with Crippen LogP contribution in [0.1, 0.15) is 11.1 Å².